The van der Waals surface area contributed by atoms with Gasteiger partial charge in [0.1, 0.15) is 18.5 Å². The van der Waals surface area contributed by atoms with Crippen LogP contribution in [0.2, 0.25) is 0 Å². The number of halogens is 2. The number of H-pyrrole nitrogens is 1. The second-order valence-electron chi connectivity index (χ2n) is 6.05. The SMILES string of the molecule is O=c1[nH]c(=O)n([C@H]2CC[C@@](CF)(COCc3ccccc3)O2)cc1Br. The van der Waals surface area contributed by atoms with E-state index in [0.29, 0.717) is 19.4 Å². The van der Waals surface area contributed by atoms with Gasteiger partial charge >= 0.3 is 5.69 Å². The number of hydrogen-bond acceptors (Lipinski definition) is 4. The fourth-order valence-electron chi connectivity index (χ4n) is 2.84. The van der Waals surface area contributed by atoms with Crippen LogP contribution >= 0.6 is 15.9 Å². The minimum absolute atomic E-state index is 0.0914. The minimum atomic E-state index is -1.08. The lowest BCUT2D eigenvalue weighted by molar-refractivity contribution is -0.125. The fourth-order valence-corrected chi connectivity index (χ4v) is 3.16. The van der Waals surface area contributed by atoms with Crippen LogP contribution in [0.1, 0.15) is 24.6 Å². The highest BCUT2D eigenvalue weighted by Gasteiger charge is 2.42. The second kappa shape index (κ2) is 7.63. The second-order valence-corrected chi connectivity index (χ2v) is 6.90. The summed E-state index contributed by atoms with van der Waals surface area (Å²) in [4.78, 5) is 25.6. The van der Waals surface area contributed by atoms with E-state index < -0.39 is 29.8 Å². The van der Waals surface area contributed by atoms with Gasteiger partial charge in [-0.25, -0.2) is 9.18 Å². The van der Waals surface area contributed by atoms with Gasteiger partial charge in [0.15, 0.2) is 0 Å². The lowest BCUT2D eigenvalue weighted by Gasteiger charge is -2.26. The van der Waals surface area contributed by atoms with Crippen molar-refractivity contribution in [3.8, 4) is 0 Å². The third kappa shape index (κ3) is 4.08. The smallest absolute Gasteiger partial charge is 0.330 e. The first-order valence-electron chi connectivity index (χ1n) is 7.89. The van der Waals surface area contributed by atoms with Crippen LogP contribution in [0.4, 0.5) is 4.39 Å². The molecule has 3 rings (SSSR count). The molecule has 0 bridgehead atoms. The molecule has 0 saturated carbocycles. The zero-order chi connectivity index (χ0) is 17.9. The van der Waals surface area contributed by atoms with Crippen molar-refractivity contribution in [3.05, 3.63) is 67.4 Å². The van der Waals surface area contributed by atoms with Crippen molar-refractivity contribution in [2.45, 2.75) is 31.3 Å². The molecule has 1 aromatic carbocycles. The number of nitrogens with one attached hydrogen (secondary N) is 1. The van der Waals surface area contributed by atoms with E-state index in [0.717, 1.165) is 5.56 Å². The van der Waals surface area contributed by atoms with E-state index in [2.05, 4.69) is 20.9 Å². The fraction of sp³-hybridized carbons (Fsp3) is 0.412. The molecule has 1 fully saturated rings. The maximum atomic E-state index is 13.7. The Morgan fingerprint density at radius 3 is 2.84 bits per heavy atom. The van der Waals surface area contributed by atoms with Crippen molar-refractivity contribution < 1.29 is 13.9 Å². The van der Waals surface area contributed by atoms with Crippen molar-refractivity contribution in [2.24, 2.45) is 0 Å². The number of benzene rings is 1. The van der Waals surface area contributed by atoms with Crippen LogP contribution in [0, 0.1) is 0 Å². The van der Waals surface area contributed by atoms with E-state index in [-0.39, 0.29) is 11.1 Å². The van der Waals surface area contributed by atoms with Crippen LogP contribution < -0.4 is 11.2 Å². The van der Waals surface area contributed by atoms with Crippen molar-refractivity contribution in [2.75, 3.05) is 13.3 Å². The topological polar surface area (TPSA) is 73.3 Å². The first-order chi connectivity index (χ1) is 12.0. The molecule has 0 aliphatic carbocycles. The Hall–Kier alpha value is -1.77. The molecular formula is C17H18BrFN2O4. The monoisotopic (exact) mass is 412 g/mol. The van der Waals surface area contributed by atoms with Gasteiger partial charge in [0.05, 0.1) is 17.7 Å². The first-order valence-corrected chi connectivity index (χ1v) is 8.69. The first kappa shape index (κ1) is 18.0. The van der Waals surface area contributed by atoms with Crippen molar-refractivity contribution in [1.82, 2.24) is 9.55 Å². The molecule has 0 unspecified atom stereocenters. The predicted molar refractivity (Wildman–Crippen MR) is 93.2 cm³/mol. The highest BCUT2D eigenvalue weighted by Crippen LogP contribution is 2.36. The summed E-state index contributed by atoms with van der Waals surface area (Å²) in [7, 11) is 0. The van der Waals surface area contributed by atoms with Crippen LogP contribution in [0.3, 0.4) is 0 Å². The van der Waals surface area contributed by atoms with Gasteiger partial charge in [-0.05, 0) is 34.3 Å². The van der Waals surface area contributed by atoms with Gasteiger partial charge < -0.3 is 9.47 Å². The molecule has 6 nitrogen and oxygen atoms in total. The van der Waals surface area contributed by atoms with Crippen LogP contribution in [0.25, 0.3) is 0 Å². The van der Waals surface area contributed by atoms with Gasteiger partial charge in [-0.3, -0.25) is 14.3 Å². The highest BCUT2D eigenvalue weighted by atomic mass is 79.9. The molecule has 0 spiro atoms. The molecule has 25 heavy (non-hydrogen) atoms. The molecule has 1 saturated heterocycles. The molecule has 1 aliphatic rings. The Morgan fingerprint density at radius 2 is 2.12 bits per heavy atom. The summed E-state index contributed by atoms with van der Waals surface area (Å²) in [5.41, 5.74) is -1.19. The number of rotatable bonds is 6. The lowest BCUT2D eigenvalue weighted by Crippen LogP contribution is -2.39. The zero-order valence-corrected chi connectivity index (χ0v) is 15.0. The number of aromatic amines is 1. The van der Waals surface area contributed by atoms with Gasteiger partial charge in [0, 0.05) is 6.20 Å². The normalized spacial score (nSPS) is 23.0. The molecule has 1 aromatic heterocycles. The van der Waals surface area contributed by atoms with Gasteiger partial charge in [0.2, 0.25) is 0 Å². The van der Waals surface area contributed by atoms with Crippen LogP contribution in [0.5, 0.6) is 0 Å². The van der Waals surface area contributed by atoms with Crippen molar-refractivity contribution >= 4 is 15.9 Å². The summed E-state index contributed by atoms with van der Waals surface area (Å²) in [5.74, 6) is 0. The summed E-state index contributed by atoms with van der Waals surface area (Å²) in [6.45, 7) is -0.257. The molecule has 2 heterocycles. The van der Waals surface area contributed by atoms with Crippen molar-refractivity contribution in [1.29, 1.82) is 0 Å². The summed E-state index contributed by atoms with van der Waals surface area (Å²) in [6, 6.07) is 9.59. The summed E-state index contributed by atoms with van der Waals surface area (Å²) in [6.07, 6.45) is 1.60. The van der Waals surface area contributed by atoms with E-state index >= 15 is 0 Å². The largest absolute Gasteiger partial charge is 0.374 e. The Kier molecular flexibility index (Phi) is 5.51. The van der Waals surface area contributed by atoms with Crippen LogP contribution in [-0.2, 0) is 16.1 Å². The highest BCUT2D eigenvalue weighted by molar-refractivity contribution is 9.10. The molecule has 0 radical (unpaired) electrons. The van der Waals surface area contributed by atoms with E-state index in [1.807, 2.05) is 30.3 Å². The number of nitrogens with zero attached hydrogens (tertiary/aromatic N) is 1. The molecule has 2 atom stereocenters. The maximum absolute atomic E-state index is 13.7. The van der Waals surface area contributed by atoms with Crippen LogP contribution in [-0.4, -0.2) is 28.4 Å². The Bertz CT molecular complexity index is 839. The minimum Gasteiger partial charge on any atom is -0.374 e. The number of aromatic nitrogens is 2. The quantitative estimate of drug-likeness (QED) is 0.790. The van der Waals surface area contributed by atoms with E-state index in [1.54, 1.807) is 0 Å². The molecule has 1 N–H and O–H groups in total. The standard InChI is InChI=1S/C17H18BrFN2O4/c18-13-8-21(16(23)20-15(13)22)14-6-7-17(10-19,25-14)11-24-9-12-4-2-1-3-5-12/h1-5,8,14H,6-7,9-11H2,(H,20,22,23)/t14-,17-/m1/s1. The third-order valence-corrected chi connectivity index (χ3v) is 4.75. The average molecular weight is 413 g/mol. The van der Waals surface area contributed by atoms with Gasteiger partial charge in [-0.2, -0.15) is 0 Å². The summed E-state index contributed by atoms with van der Waals surface area (Å²) >= 11 is 3.08. The van der Waals surface area contributed by atoms with E-state index in [1.165, 1.54) is 10.8 Å². The molecule has 2 aromatic rings. The summed E-state index contributed by atoms with van der Waals surface area (Å²) < 4.78 is 26.6. The van der Waals surface area contributed by atoms with Crippen molar-refractivity contribution in [3.63, 3.8) is 0 Å². The third-order valence-electron chi connectivity index (χ3n) is 4.19. The molecule has 0 amide bonds. The van der Waals surface area contributed by atoms with Gasteiger partial charge in [-0.15, -0.1) is 0 Å². The molecule has 8 heteroatoms. The predicted octanol–water partition coefficient (Wildman–Crippen LogP) is 2.53. The molecule has 134 valence electrons. The Balaban J connectivity index is 1.67. The Morgan fingerprint density at radius 1 is 1.36 bits per heavy atom. The Labute approximate surface area is 151 Å². The van der Waals surface area contributed by atoms with Gasteiger partial charge in [0.25, 0.3) is 5.56 Å². The molecule has 1 aliphatic heterocycles. The van der Waals surface area contributed by atoms with Gasteiger partial charge in [-0.1, -0.05) is 30.3 Å². The average Bonchev–Trinajstić information content (AvgIpc) is 3.04. The van der Waals surface area contributed by atoms with E-state index in [4.69, 9.17) is 9.47 Å². The number of ether oxygens (including phenoxy) is 2. The maximum Gasteiger partial charge on any atom is 0.330 e. The van der Waals surface area contributed by atoms with E-state index in [9.17, 15) is 14.0 Å². The number of alkyl halides is 1. The number of hydrogen-bond donors (Lipinski definition) is 1. The van der Waals surface area contributed by atoms with Crippen LogP contribution in [0.15, 0.2) is 50.6 Å². The zero-order valence-electron chi connectivity index (χ0n) is 13.4. The summed E-state index contributed by atoms with van der Waals surface area (Å²) in [5, 5.41) is 0. The molecular weight excluding hydrogens is 395 g/mol. The lowest BCUT2D eigenvalue weighted by atomic mass is 10.0.